The van der Waals surface area contributed by atoms with Gasteiger partial charge in [-0.25, -0.2) is 0 Å². The highest BCUT2D eigenvalue weighted by atomic mass is 16.5. The summed E-state index contributed by atoms with van der Waals surface area (Å²) in [5, 5.41) is 29.0. The number of amides is 1. The van der Waals surface area contributed by atoms with Crippen LogP contribution >= 0.6 is 0 Å². The number of hydrogen-bond donors (Lipinski definition) is 4. The Labute approximate surface area is 107 Å². The summed E-state index contributed by atoms with van der Waals surface area (Å²) in [5.74, 6) is -0.906. The number of methoxy groups -OCH3 is 1. The van der Waals surface area contributed by atoms with E-state index in [-0.39, 0.29) is 5.41 Å². The van der Waals surface area contributed by atoms with E-state index in [9.17, 15) is 20.1 Å². The smallest absolute Gasteiger partial charge is 0.249 e. The van der Waals surface area contributed by atoms with E-state index in [0.717, 1.165) is 0 Å². The van der Waals surface area contributed by atoms with E-state index in [1.807, 2.05) is 20.8 Å². The van der Waals surface area contributed by atoms with Crippen molar-refractivity contribution in [2.24, 2.45) is 11.1 Å². The molecule has 0 heterocycles. The zero-order valence-corrected chi connectivity index (χ0v) is 11.2. The van der Waals surface area contributed by atoms with E-state index in [1.165, 1.54) is 13.2 Å². The molecular formula is C12H23NO5. The fourth-order valence-electron chi connectivity index (χ4n) is 1.31. The molecule has 1 unspecified atom stereocenters. The summed E-state index contributed by atoms with van der Waals surface area (Å²) in [5.41, 5.74) is 4.82. The van der Waals surface area contributed by atoms with Crippen molar-refractivity contribution in [1.82, 2.24) is 0 Å². The maximum Gasteiger partial charge on any atom is 0.249 e. The third-order valence-corrected chi connectivity index (χ3v) is 2.34. The molecule has 4 atom stereocenters. The van der Waals surface area contributed by atoms with Crippen LogP contribution < -0.4 is 5.73 Å². The third kappa shape index (κ3) is 5.59. The lowest BCUT2D eigenvalue weighted by Crippen LogP contribution is -2.50. The molecule has 0 aliphatic heterocycles. The highest BCUT2D eigenvalue weighted by Gasteiger charge is 2.33. The lowest BCUT2D eigenvalue weighted by Gasteiger charge is -2.26. The fraction of sp³-hybridized carbons (Fsp3) is 0.750. The number of aliphatic hydroxyl groups excluding tert-OH is 3. The molecule has 5 N–H and O–H groups in total. The van der Waals surface area contributed by atoms with Crippen molar-refractivity contribution in [2.75, 3.05) is 7.11 Å². The summed E-state index contributed by atoms with van der Waals surface area (Å²) in [6, 6.07) is 0. The van der Waals surface area contributed by atoms with E-state index < -0.39 is 30.3 Å². The van der Waals surface area contributed by atoms with Crippen LogP contribution in [0.2, 0.25) is 0 Å². The van der Waals surface area contributed by atoms with E-state index in [2.05, 4.69) is 4.74 Å². The van der Waals surface area contributed by atoms with Crippen molar-refractivity contribution in [3.63, 3.8) is 0 Å². The highest BCUT2D eigenvalue weighted by molar-refractivity contribution is 5.79. The van der Waals surface area contributed by atoms with Crippen molar-refractivity contribution in [1.29, 1.82) is 0 Å². The van der Waals surface area contributed by atoms with Crippen molar-refractivity contribution in [2.45, 2.75) is 45.2 Å². The van der Waals surface area contributed by atoms with Crippen molar-refractivity contribution >= 4 is 5.91 Å². The molecule has 18 heavy (non-hydrogen) atoms. The van der Waals surface area contributed by atoms with Crippen molar-refractivity contribution in [3.05, 3.63) is 12.2 Å². The van der Waals surface area contributed by atoms with Gasteiger partial charge in [0.1, 0.15) is 18.3 Å². The number of aliphatic hydroxyl groups is 3. The number of primary amides is 1. The molecule has 0 aliphatic rings. The molecule has 6 nitrogen and oxygen atoms in total. The number of hydrogen-bond acceptors (Lipinski definition) is 5. The average molecular weight is 261 g/mol. The Morgan fingerprint density at radius 2 is 1.72 bits per heavy atom. The predicted molar refractivity (Wildman–Crippen MR) is 66.6 cm³/mol. The molecule has 1 amide bonds. The van der Waals surface area contributed by atoms with Gasteiger partial charge in [0.25, 0.3) is 0 Å². The lowest BCUT2D eigenvalue weighted by molar-refractivity contribution is -0.145. The normalized spacial score (nSPS) is 19.5. The molecule has 0 fully saturated rings. The monoisotopic (exact) mass is 261 g/mol. The van der Waals surface area contributed by atoms with Gasteiger partial charge >= 0.3 is 0 Å². The van der Waals surface area contributed by atoms with Crippen LogP contribution in [0.3, 0.4) is 0 Å². The van der Waals surface area contributed by atoms with Crippen LogP contribution in [0.15, 0.2) is 12.2 Å². The van der Waals surface area contributed by atoms with Crippen molar-refractivity contribution < 1.29 is 24.9 Å². The Bertz CT molecular complexity index is 297. The van der Waals surface area contributed by atoms with Gasteiger partial charge in [-0.05, 0) is 5.41 Å². The topological polar surface area (TPSA) is 113 Å². The van der Waals surface area contributed by atoms with E-state index in [4.69, 9.17) is 5.73 Å². The Hall–Kier alpha value is -0.950. The Kier molecular flexibility index (Phi) is 6.48. The summed E-state index contributed by atoms with van der Waals surface area (Å²) in [6.45, 7) is 5.75. The number of rotatable bonds is 6. The summed E-state index contributed by atoms with van der Waals surface area (Å²) in [7, 11) is 1.18. The molecule has 0 aliphatic carbocycles. The Balaban J connectivity index is 4.68. The summed E-state index contributed by atoms with van der Waals surface area (Å²) in [6.07, 6.45) is -2.76. The van der Waals surface area contributed by atoms with Gasteiger partial charge in [0.05, 0.1) is 0 Å². The minimum atomic E-state index is -1.59. The average Bonchev–Trinajstić information content (AvgIpc) is 2.24. The molecular weight excluding hydrogens is 238 g/mol. The van der Waals surface area contributed by atoms with Crippen LogP contribution in [-0.4, -0.2) is 52.8 Å². The second-order valence-corrected chi connectivity index (χ2v) is 5.26. The molecule has 0 aromatic heterocycles. The van der Waals surface area contributed by atoms with Gasteiger partial charge in [-0.15, -0.1) is 0 Å². The second-order valence-electron chi connectivity index (χ2n) is 5.26. The van der Waals surface area contributed by atoms with E-state index in [1.54, 1.807) is 6.08 Å². The molecule has 0 aromatic carbocycles. The van der Waals surface area contributed by atoms with Crippen LogP contribution in [-0.2, 0) is 9.53 Å². The molecule has 6 heteroatoms. The fourth-order valence-corrected chi connectivity index (χ4v) is 1.31. The minimum Gasteiger partial charge on any atom is -0.387 e. The first kappa shape index (κ1) is 17.1. The molecule has 0 saturated carbocycles. The molecule has 0 saturated heterocycles. The first-order chi connectivity index (χ1) is 8.10. The Morgan fingerprint density at radius 3 is 2.06 bits per heavy atom. The molecule has 0 radical (unpaired) electrons. The van der Waals surface area contributed by atoms with Crippen LogP contribution in [0.25, 0.3) is 0 Å². The standard InChI is InChI=1S/C12H23NO5/c1-12(2,3)6-5-7(14)8(15)9(16)10(18-4)11(13)17/h5-10,14-16H,1-4H3,(H2,13,17)/b6-5+/t7-,8+,9-,10?/m1/s1. The first-order valence-corrected chi connectivity index (χ1v) is 5.66. The molecule has 0 rings (SSSR count). The zero-order valence-electron chi connectivity index (χ0n) is 11.2. The predicted octanol–water partition coefficient (Wildman–Crippen LogP) is -0.828. The molecule has 0 aromatic rings. The van der Waals surface area contributed by atoms with Crippen LogP contribution in [0.4, 0.5) is 0 Å². The third-order valence-electron chi connectivity index (χ3n) is 2.34. The number of ether oxygens (including phenoxy) is 1. The van der Waals surface area contributed by atoms with Crippen LogP contribution in [0.5, 0.6) is 0 Å². The largest absolute Gasteiger partial charge is 0.387 e. The van der Waals surface area contributed by atoms with Crippen molar-refractivity contribution in [3.8, 4) is 0 Å². The zero-order chi connectivity index (χ0) is 14.5. The molecule has 0 spiro atoms. The lowest BCUT2D eigenvalue weighted by atomic mass is 9.94. The number of nitrogens with two attached hydrogens (primary N) is 1. The van der Waals surface area contributed by atoms with Gasteiger partial charge in [0.15, 0.2) is 6.10 Å². The summed E-state index contributed by atoms with van der Waals surface area (Å²) < 4.78 is 4.67. The molecule has 0 bridgehead atoms. The van der Waals surface area contributed by atoms with E-state index >= 15 is 0 Å². The van der Waals surface area contributed by atoms with Gasteiger partial charge in [-0.1, -0.05) is 32.9 Å². The van der Waals surface area contributed by atoms with Gasteiger partial charge in [0.2, 0.25) is 5.91 Å². The minimum absolute atomic E-state index is 0.171. The van der Waals surface area contributed by atoms with Crippen LogP contribution in [0.1, 0.15) is 20.8 Å². The van der Waals surface area contributed by atoms with Gasteiger partial charge in [-0.3, -0.25) is 4.79 Å². The van der Waals surface area contributed by atoms with Gasteiger partial charge < -0.3 is 25.8 Å². The number of carbonyl (C=O) groups is 1. The summed E-state index contributed by atoms with van der Waals surface area (Å²) >= 11 is 0. The molecule has 106 valence electrons. The van der Waals surface area contributed by atoms with Gasteiger partial charge in [0, 0.05) is 7.11 Å². The summed E-state index contributed by atoms with van der Waals surface area (Å²) in [4.78, 5) is 10.9. The first-order valence-electron chi connectivity index (χ1n) is 5.66. The maximum atomic E-state index is 10.9. The van der Waals surface area contributed by atoms with Crippen LogP contribution in [0, 0.1) is 5.41 Å². The Morgan fingerprint density at radius 1 is 1.22 bits per heavy atom. The number of allylic oxidation sites excluding steroid dienone is 1. The SMILES string of the molecule is COC(C(N)=O)[C@H](O)[C@@H](O)[C@H](O)/C=C/C(C)(C)C. The highest BCUT2D eigenvalue weighted by Crippen LogP contribution is 2.16. The maximum absolute atomic E-state index is 10.9. The van der Waals surface area contributed by atoms with Gasteiger partial charge in [-0.2, -0.15) is 0 Å². The quantitative estimate of drug-likeness (QED) is 0.466. The second kappa shape index (κ2) is 6.84. The van der Waals surface area contributed by atoms with E-state index in [0.29, 0.717) is 0 Å². The number of carbonyl (C=O) groups excluding carboxylic acids is 1.